The van der Waals surface area contributed by atoms with Crippen molar-refractivity contribution in [3.63, 3.8) is 0 Å². The molecule has 144 valence electrons. The second-order valence-corrected chi connectivity index (χ2v) is 7.54. The Morgan fingerprint density at radius 3 is 2.50 bits per heavy atom. The number of aldehydes is 2. The highest BCUT2D eigenvalue weighted by atomic mass is 16.5. The summed E-state index contributed by atoms with van der Waals surface area (Å²) in [7, 11) is 0. The zero-order valence-electron chi connectivity index (χ0n) is 16.7. The second-order valence-electron chi connectivity index (χ2n) is 7.54. The lowest BCUT2D eigenvalue weighted by Crippen LogP contribution is -2.38. The third-order valence-electron chi connectivity index (χ3n) is 5.00. The first-order chi connectivity index (χ1) is 12.3. The third kappa shape index (κ3) is 6.74. The minimum Gasteiger partial charge on any atom is -0.462 e. The van der Waals surface area contributed by atoms with Crippen LogP contribution >= 0.6 is 0 Å². The molecule has 0 bridgehead atoms. The van der Waals surface area contributed by atoms with Gasteiger partial charge >= 0.3 is 5.97 Å². The predicted molar refractivity (Wildman–Crippen MR) is 104 cm³/mol. The number of esters is 1. The average Bonchev–Trinajstić information content (AvgIpc) is 2.61. The zero-order valence-corrected chi connectivity index (χ0v) is 16.7. The Morgan fingerprint density at radius 1 is 1.27 bits per heavy atom. The second kappa shape index (κ2) is 10.9. The largest absolute Gasteiger partial charge is 0.462 e. The van der Waals surface area contributed by atoms with Crippen LogP contribution in [0.25, 0.3) is 0 Å². The molecule has 4 heteroatoms. The summed E-state index contributed by atoms with van der Waals surface area (Å²) in [5, 5.41) is 0. The van der Waals surface area contributed by atoms with E-state index in [9.17, 15) is 14.4 Å². The molecule has 0 fully saturated rings. The molecule has 0 aromatic rings. The quantitative estimate of drug-likeness (QED) is 0.378. The van der Waals surface area contributed by atoms with Crippen LogP contribution in [0.1, 0.15) is 60.3 Å². The standard InChI is InChI=1S/C22H32O4/c1-15(2)8-6-10-17(4)22-20(14-24)19(13-23)11-7-9-16(3)12-21(22)26-18(5)25/h8-9,11,13-14,17,20-22H,6-7,10,12H2,1-5H3/b16-9-,19-11-/t17-,20+,21-,22-/m1/s1. The fraction of sp³-hybridized carbons (Fsp3) is 0.591. The Morgan fingerprint density at radius 2 is 1.96 bits per heavy atom. The average molecular weight is 360 g/mol. The van der Waals surface area contributed by atoms with E-state index >= 15 is 0 Å². The van der Waals surface area contributed by atoms with Gasteiger partial charge in [-0.25, -0.2) is 0 Å². The number of hydrogen-bond acceptors (Lipinski definition) is 4. The Bertz CT molecular complexity index is 593. The normalized spacial score (nSPS) is 28.7. The fourth-order valence-corrected chi connectivity index (χ4v) is 3.70. The van der Waals surface area contributed by atoms with Gasteiger partial charge < -0.3 is 9.53 Å². The first-order valence-corrected chi connectivity index (χ1v) is 9.36. The van der Waals surface area contributed by atoms with Crippen LogP contribution in [0.4, 0.5) is 0 Å². The molecule has 0 radical (unpaired) electrons. The first kappa shape index (κ1) is 22.1. The molecule has 0 aliphatic heterocycles. The first-order valence-electron chi connectivity index (χ1n) is 9.36. The molecule has 1 aliphatic rings. The van der Waals surface area contributed by atoms with Crippen molar-refractivity contribution in [2.45, 2.75) is 66.4 Å². The smallest absolute Gasteiger partial charge is 0.302 e. The van der Waals surface area contributed by atoms with Gasteiger partial charge in [0.2, 0.25) is 0 Å². The molecule has 0 heterocycles. The highest BCUT2D eigenvalue weighted by Crippen LogP contribution is 2.36. The van der Waals surface area contributed by atoms with Crippen molar-refractivity contribution in [3.8, 4) is 0 Å². The van der Waals surface area contributed by atoms with E-state index in [0.29, 0.717) is 18.4 Å². The van der Waals surface area contributed by atoms with Crippen LogP contribution < -0.4 is 0 Å². The molecule has 0 unspecified atom stereocenters. The van der Waals surface area contributed by atoms with Crippen LogP contribution in [0.5, 0.6) is 0 Å². The number of hydrogen-bond donors (Lipinski definition) is 0. The number of carbonyl (C=O) groups is 3. The van der Waals surface area contributed by atoms with Crippen LogP contribution in [-0.2, 0) is 19.1 Å². The highest BCUT2D eigenvalue weighted by molar-refractivity contribution is 5.81. The molecule has 4 atom stereocenters. The van der Waals surface area contributed by atoms with Gasteiger partial charge in [-0.3, -0.25) is 9.59 Å². The van der Waals surface area contributed by atoms with Gasteiger partial charge in [0.05, 0.1) is 0 Å². The molecule has 0 aromatic heterocycles. The van der Waals surface area contributed by atoms with Crippen molar-refractivity contribution in [1.82, 2.24) is 0 Å². The minimum atomic E-state index is -0.558. The molecule has 0 spiro atoms. The third-order valence-corrected chi connectivity index (χ3v) is 5.00. The summed E-state index contributed by atoms with van der Waals surface area (Å²) in [5.74, 6) is -1.01. The summed E-state index contributed by atoms with van der Waals surface area (Å²) in [6.45, 7) is 9.58. The van der Waals surface area contributed by atoms with Gasteiger partial charge in [-0.1, -0.05) is 36.3 Å². The maximum atomic E-state index is 11.9. The summed E-state index contributed by atoms with van der Waals surface area (Å²) in [5.41, 5.74) is 2.84. The summed E-state index contributed by atoms with van der Waals surface area (Å²) < 4.78 is 5.64. The Hall–Kier alpha value is -1.97. The van der Waals surface area contributed by atoms with Crippen LogP contribution in [0.3, 0.4) is 0 Å². The summed E-state index contributed by atoms with van der Waals surface area (Å²) in [6, 6.07) is 0. The van der Waals surface area contributed by atoms with Crippen LogP contribution in [0.2, 0.25) is 0 Å². The van der Waals surface area contributed by atoms with Gasteiger partial charge in [0.25, 0.3) is 0 Å². The molecule has 1 aliphatic carbocycles. The topological polar surface area (TPSA) is 60.4 Å². The molecule has 4 nitrogen and oxygen atoms in total. The molecular formula is C22H32O4. The van der Waals surface area contributed by atoms with E-state index in [-0.39, 0.29) is 17.8 Å². The lowest BCUT2D eigenvalue weighted by atomic mass is 9.73. The van der Waals surface area contributed by atoms with Gasteiger partial charge in [0.1, 0.15) is 18.7 Å². The van der Waals surface area contributed by atoms with E-state index in [0.717, 1.165) is 31.0 Å². The van der Waals surface area contributed by atoms with E-state index in [1.54, 1.807) is 0 Å². The molecule has 0 aromatic carbocycles. The number of allylic oxidation sites excluding steroid dienone is 5. The molecular weight excluding hydrogens is 328 g/mol. The number of carbonyl (C=O) groups excluding carboxylic acids is 3. The van der Waals surface area contributed by atoms with E-state index in [4.69, 9.17) is 4.74 Å². The maximum absolute atomic E-state index is 11.9. The summed E-state index contributed by atoms with van der Waals surface area (Å²) in [6.07, 6.45) is 10.2. The van der Waals surface area contributed by atoms with Crippen LogP contribution in [0, 0.1) is 17.8 Å². The van der Waals surface area contributed by atoms with E-state index in [2.05, 4.69) is 26.8 Å². The van der Waals surface area contributed by atoms with Crippen molar-refractivity contribution < 1.29 is 19.1 Å². The van der Waals surface area contributed by atoms with Crippen molar-refractivity contribution in [2.24, 2.45) is 17.8 Å². The molecule has 0 saturated heterocycles. The van der Waals surface area contributed by atoms with Crippen molar-refractivity contribution in [1.29, 1.82) is 0 Å². The van der Waals surface area contributed by atoms with Gasteiger partial charge in [-0.2, -0.15) is 0 Å². The van der Waals surface area contributed by atoms with E-state index in [1.165, 1.54) is 12.5 Å². The Kier molecular flexibility index (Phi) is 9.25. The van der Waals surface area contributed by atoms with Crippen molar-refractivity contribution >= 4 is 18.5 Å². The van der Waals surface area contributed by atoms with Gasteiger partial charge in [0, 0.05) is 25.2 Å². The molecule has 0 amide bonds. The lowest BCUT2D eigenvalue weighted by molar-refractivity contribution is -0.152. The Balaban J connectivity index is 3.28. The van der Waals surface area contributed by atoms with Crippen molar-refractivity contribution in [2.75, 3.05) is 0 Å². The molecule has 0 N–H and O–H groups in total. The van der Waals surface area contributed by atoms with Crippen LogP contribution in [0.15, 0.2) is 34.9 Å². The highest BCUT2D eigenvalue weighted by Gasteiger charge is 2.37. The van der Waals surface area contributed by atoms with Gasteiger partial charge in [-0.05, 0) is 51.5 Å². The number of ether oxygens (including phenoxy) is 1. The molecule has 1 rings (SSSR count). The maximum Gasteiger partial charge on any atom is 0.302 e. The fourth-order valence-electron chi connectivity index (χ4n) is 3.70. The Labute approximate surface area is 157 Å². The molecule has 0 saturated carbocycles. The lowest BCUT2D eigenvalue weighted by Gasteiger charge is -2.35. The number of rotatable bonds is 7. The molecule has 26 heavy (non-hydrogen) atoms. The predicted octanol–water partition coefficient (Wildman–Crippen LogP) is 4.60. The zero-order chi connectivity index (χ0) is 19.7. The van der Waals surface area contributed by atoms with Crippen LogP contribution in [-0.4, -0.2) is 24.6 Å². The minimum absolute atomic E-state index is 0.124. The summed E-state index contributed by atoms with van der Waals surface area (Å²) >= 11 is 0. The SMILES string of the molecule is CC(=O)O[C@@H]1C/C(C)=C\C/C=C(/C=O)[C@H](C=O)[C@H]1[C@H](C)CCC=C(C)C. The van der Waals surface area contributed by atoms with Crippen molar-refractivity contribution in [3.05, 3.63) is 34.9 Å². The van der Waals surface area contributed by atoms with Gasteiger partial charge in [-0.15, -0.1) is 0 Å². The summed E-state index contributed by atoms with van der Waals surface area (Å²) in [4.78, 5) is 35.3. The van der Waals surface area contributed by atoms with E-state index in [1.807, 2.05) is 19.1 Å². The van der Waals surface area contributed by atoms with E-state index < -0.39 is 12.0 Å². The van der Waals surface area contributed by atoms with Gasteiger partial charge in [0.15, 0.2) is 0 Å². The monoisotopic (exact) mass is 360 g/mol.